The Morgan fingerprint density at radius 1 is 1.83 bits per heavy atom. The van der Waals surface area contributed by atoms with Crippen molar-refractivity contribution in [1.29, 1.82) is 0 Å². The first-order chi connectivity index (χ1) is 7.76. The van der Waals surface area contributed by atoms with Gasteiger partial charge >= 0.3 is 5.97 Å². The van der Waals surface area contributed by atoms with Crippen LogP contribution in [0.1, 0.15) is 35.3 Å². The molecule has 4 nitrogen and oxygen atoms in total. The molecule has 4 heteroatoms. The van der Waals surface area contributed by atoms with Gasteiger partial charge in [-0.25, -0.2) is 4.79 Å². The van der Waals surface area contributed by atoms with Crippen LogP contribution in [-0.4, -0.2) is 23.0 Å². The van der Waals surface area contributed by atoms with E-state index in [4.69, 9.17) is 13.3 Å². The van der Waals surface area contributed by atoms with Gasteiger partial charge in [-0.3, -0.25) is 4.79 Å². The van der Waals surface area contributed by atoms with E-state index in [0.29, 0.717) is 0 Å². The van der Waals surface area contributed by atoms with Crippen molar-refractivity contribution in [2.45, 2.75) is 33.1 Å². The second kappa shape index (κ2) is 4.74. The average molecular weight is 179 g/mol. The van der Waals surface area contributed by atoms with Crippen LogP contribution in [0.3, 0.4) is 0 Å². The van der Waals surface area contributed by atoms with E-state index in [-0.39, 0.29) is 0 Å². The number of carboxylic acids is 1. The van der Waals surface area contributed by atoms with Crippen molar-refractivity contribution < 1.29 is 22.9 Å². The summed E-state index contributed by atoms with van der Waals surface area (Å²) in [6.07, 6.45) is -2.98. The third-order valence-electron chi connectivity index (χ3n) is 0.876. The van der Waals surface area contributed by atoms with Gasteiger partial charge in [0, 0.05) is 13.8 Å². The molecule has 12 heavy (non-hydrogen) atoms. The molecule has 0 aromatic heterocycles. The van der Waals surface area contributed by atoms with Gasteiger partial charge in [-0.2, -0.15) is 0 Å². The van der Waals surface area contributed by atoms with Crippen LogP contribution >= 0.6 is 0 Å². The highest BCUT2D eigenvalue weighted by Crippen LogP contribution is 2.04. The van der Waals surface area contributed by atoms with E-state index >= 15 is 0 Å². The van der Waals surface area contributed by atoms with Gasteiger partial charge in [0.1, 0.15) is 6.02 Å². The van der Waals surface area contributed by atoms with E-state index < -0.39 is 37.0 Å². The van der Waals surface area contributed by atoms with Crippen molar-refractivity contribution in [3.63, 3.8) is 0 Å². The molecular weight excluding hydrogens is 158 g/mol. The number of carboxylic acid groups (broad SMARTS) is 1. The molecule has 0 aromatic carbocycles. The third kappa shape index (κ3) is 4.71. The maximum absolute atomic E-state index is 11.0. The Balaban J connectivity index is 5.62. The van der Waals surface area contributed by atoms with Crippen molar-refractivity contribution in [3.8, 4) is 0 Å². The van der Waals surface area contributed by atoms with Crippen molar-refractivity contribution in [2.75, 3.05) is 0 Å². The van der Waals surface area contributed by atoms with Gasteiger partial charge < -0.3 is 10.4 Å². The number of amides is 1. The molecular formula is C8H15NO3. The largest absolute Gasteiger partial charge is 0.480 e. The number of carbonyl (C=O) groups excluding carboxylic acids is 1. The summed E-state index contributed by atoms with van der Waals surface area (Å²) in [5, 5.41) is 10.6. The minimum atomic E-state index is -3.06. The molecule has 0 fully saturated rings. The summed E-state index contributed by atoms with van der Waals surface area (Å²) < 4.78 is 44.0. The molecule has 0 radical (unpaired) electrons. The summed E-state index contributed by atoms with van der Waals surface area (Å²) >= 11 is 0. The zero-order valence-corrected chi connectivity index (χ0v) is 6.84. The van der Waals surface area contributed by atoms with Gasteiger partial charge in [0.05, 0.1) is 1.37 Å². The molecule has 70 valence electrons. The number of rotatable bonds is 4. The second-order valence-electron chi connectivity index (χ2n) is 2.23. The van der Waals surface area contributed by atoms with Crippen molar-refractivity contribution >= 4 is 11.9 Å². The van der Waals surface area contributed by atoms with E-state index in [1.807, 2.05) is 0 Å². The van der Waals surface area contributed by atoms with Crippen LogP contribution in [0, 0.1) is 5.92 Å². The van der Waals surface area contributed by atoms with Crippen LogP contribution in [-0.2, 0) is 9.59 Å². The van der Waals surface area contributed by atoms with Crippen molar-refractivity contribution in [3.05, 3.63) is 0 Å². The Bertz CT molecular complexity index is 355. The SMILES string of the molecule is [2H]C([2H])([2H])C(C)C([2H])([2H])[C@]([2H])(NC(C)=O)C(=O)O. The molecule has 1 unspecified atom stereocenters. The molecule has 1 amide bonds. The number of hydrogen-bond donors (Lipinski definition) is 2. The quantitative estimate of drug-likeness (QED) is 0.665. The number of aliphatic carboxylic acids is 1. The highest BCUT2D eigenvalue weighted by Gasteiger charge is 2.18. The second-order valence-corrected chi connectivity index (χ2v) is 2.23. The van der Waals surface area contributed by atoms with Gasteiger partial charge in [-0.15, -0.1) is 0 Å². The molecule has 0 heterocycles. The lowest BCUT2D eigenvalue weighted by Crippen LogP contribution is -2.40. The van der Waals surface area contributed by atoms with Gasteiger partial charge in [0.15, 0.2) is 0 Å². The van der Waals surface area contributed by atoms with Gasteiger partial charge in [0.2, 0.25) is 5.91 Å². The zero-order chi connectivity index (χ0) is 14.9. The summed E-state index contributed by atoms with van der Waals surface area (Å²) in [5.74, 6) is -4.64. The minimum absolute atomic E-state index is 0.919. The molecule has 2 atom stereocenters. The minimum Gasteiger partial charge on any atom is -0.480 e. The summed E-state index contributed by atoms with van der Waals surface area (Å²) in [4.78, 5) is 21.9. The topological polar surface area (TPSA) is 66.4 Å². The predicted molar refractivity (Wildman–Crippen MR) is 44.7 cm³/mol. The van der Waals surface area contributed by atoms with E-state index in [9.17, 15) is 9.59 Å². The fourth-order valence-corrected chi connectivity index (χ4v) is 0.544. The third-order valence-corrected chi connectivity index (χ3v) is 0.876. The molecule has 0 aromatic rings. The van der Waals surface area contributed by atoms with E-state index in [0.717, 1.165) is 13.8 Å². The maximum atomic E-state index is 11.0. The lowest BCUT2D eigenvalue weighted by Gasteiger charge is -2.14. The average Bonchev–Trinajstić information content (AvgIpc) is 2.13. The molecule has 0 spiro atoms. The smallest absolute Gasteiger partial charge is 0.326 e. The normalized spacial score (nSPS) is 27.2. The molecule has 0 rings (SSSR count). The summed E-state index contributed by atoms with van der Waals surface area (Å²) in [5.41, 5.74) is 0. The monoisotopic (exact) mass is 179 g/mol. The Kier molecular flexibility index (Phi) is 1.68. The van der Waals surface area contributed by atoms with E-state index in [2.05, 4.69) is 0 Å². The van der Waals surface area contributed by atoms with Crippen LogP contribution in [0.5, 0.6) is 0 Å². The molecule has 0 aliphatic rings. The summed E-state index contributed by atoms with van der Waals surface area (Å²) in [7, 11) is 0. The highest BCUT2D eigenvalue weighted by molar-refractivity contribution is 5.81. The van der Waals surface area contributed by atoms with Crippen LogP contribution in [0.2, 0.25) is 0 Å². The van der Waals surface area contributed by atoms with Crippen LogP contribution < -0.4 is 5.32 Å². The number of nitrogens with one attached hydrogen (secondary N) is 1. The fourth-order valence-electron chi connectivity index (χ4n) is 0.544. The van der Waals surface area contributed by atoms with Gasteiger partial charge in [-0.05, 0) is 12.3 Å². The van der Waals surface area contributed by atoms with Gasteiger partial charge in [-0.1, -0.05) is 13.8 Å². The zero-order valence-electron chi connectivity index (χ0n) is 12.8. The first-order valence-corrected chi connectivity index (χ1v) is 3.29. The fraction of sp³-hybridized carbons (Fsp3) is 0.750. The Hall–Kier alpha value is -1.06. The van der Waals surface area contributed by atoms with E-state index in [1.54, 1.807) is 5.32 Å². The summed E-state index contributed by atoms with van der Waals surface area (Å²) in [6, 6.07) is -3.06. The number of carbonyl (C=O) groups is 2. The molecule has 0 saturated carbocycles. The maximum Gasteiger partial charge on any atom is 0.326 e. The van der Waals surface area contributed by atoms with Crippen LogP contribution in [0.4, 0.5) is 0 Å². The standard InChI is InChI=1S/C8H15NO3/c1-5(2)4-7(8(11)12)9-6(3)10/h5,7H,4H2,1-3H3,(H,9,10)(H,11,12)/t7-/m0/s1/i1D3,4D2,7D/t5?,7-. The lowest BCUT2D eigenvalue weighted by atomic mass is 10.0. The van der Waals surface area contributed by atoms with Crippen molar-refractivity contribution in [1.82, 2.24) is 5.32 Å². The van der Waals surface area contributed by atoms with E-state index in [1.165, 1.54) is 0 Å². The van der Waals surface area contributed by atoms with Crippen LogP contribution in [0.15, 0.2) is 0 Å². The molecule has 0 bridgehead atoms. The Morgan fingerprint density at radius 2 is 2.42 bits per heavy atom. The first kappa shape index (κ1) is 4.25. The lowest BCUT2D eigenvalue weighted by molar-refractivity contribution is -0.142. The Morgan fingerprint density at radius 3 is 2.75 bits per heavy atom. The van der Waals surface area contributed by atoms with Crippen molar-refractivity contribution in [2.24, 2.45) is 5.92 Å². The first-order valence-electron chi connectivity index (χ1n) is 6.29. The summed E-state index contributed by atoms with van der Waals surface area (Å²) in [6.45, 7) is -0.896. The predicted octanol–water partition coefficient (Wildman–Crippen LogP) is 0.622. The molecule has 0 aliphatic heterocycles. The highest BCUT2D eigenvalue weighted by atomic mass is 16.4. The molecule has 0 saturated heterocycles. The molecule has 2 N–H and O–H groups in total. The Labute approximate surface area is 80.4 Å². The molecule has 0 aliphatic carbocycles. The van der Waals surface area contributed by atoms with Gasteiger partial charge in [0.25, 0.3) is 0 Å². The number of hydrogen-bond acceptors (Lipinski definition) is 2. The van der Waals surface area contributed by atoms with Crippen LogP contribution in [0.25, 0.3) is 0 Å².